The van der Waals surface area contributed by atoms with Crippen molar-refractivity contribution < 1.29 is 12.8 Å². The summed E-state index contributed by atoms with van der Waals surface area (Å²) < 4.78 is 31.5. The first-order valence-electron chi connectivity index (χ1n) is 5.42. The lowest BCUT2D eigenvalue weighted by atomic mass is 10.4. The highest BCUT2D eigenvalue weighted by atomic mass is 32.2. The molecule has 0 saturated carbocycles. The lowest BCUT2D eigenvalue weighted by Gasteiger charge is -2.04. The Morgan fingerprint density at radius 1 is 1.37 bits per heavy atom. The Hall–Kier alpha value is -2.17. The first-order valence-corrected chi connectivity index (χ1v) is 6.91. The monoisotopic (exact) mass is 277 g/mol. The van der Waals surface area contributed by atoms with Gasteiger partial charge in [-0.25, -0.2) is 18.1 Å². The van der Waals surface area contributed by atoms with Crippen LogP contribution in [0.25, 0.3) is 0 Å². The first kappa shape index (κ1) is 13.3. The number of rotatable bonds is 4. The average molecular weight is 277 g/mol. The number of nitriles is 1. The third-order valence-electron chi connectivity index (χ3n) is 2.39. The van der Waals surface area contributed by atoms with E-state index in [9.17, 15) is 8.42 Å². The summed E-state index contributed by atoms with van der Waals surface area (Å²) in [6.07, 6.45) is 1.15. The van der Waals surface area contributed by atoms with Gasteiger partial charge in [-0.05, 0) is 31.2 Å². The van der Waals surface area contributed by atoms with Gasteiger partial charge in [0.15, 0.2) is 0 Å². The van der Waals surface area contributed by atoms with Crippen molar-refractivity contribution in [3.8, 4) is 6.07 Å². The van der Waals surface area contributed by atoms with Gasteiger partial charge in [0.1, 0.15) is 28.2 Å². The van der Waals surface area contributed by atoms with Crippen molar-refractivity contribution in [2.24, 2.45) is 0 Å². The van der Waals surface area contributed by atoms with E-state index in [1.54, 1.807) is 19.1 Å². The lowest BCUT2D eigenvalue weighted by Crippen LogP contribution is -2.23. The van der Waals surface area contributed by atoms with E-state index in [0.717, 1.165) is 6.20 Å². The Labute approximate surface area is 110 Å². The summed E-state index contributed by atoms with van der Waals surface area (Å²) in [6, 6.07) is 7.97. The second kappa shape index (κ2) is 5.22. The smallest absolute Gasteiger partial charge is 0.242 e. The van der Waals surface area contributed by atoms with Crippen LogP contribution in [-0.4, -0.2) is 13.4 Å². The summed E-state index contributed by atoms with van der Waals surface area (Å²) in [5.41, 5.74) is 0.167. The van der Waals surface area contributed by atoms with Crippen LogP contribution in [0, 0.1) is 18.3 Å². The summed E-state index contributed by atoms with van der Waals surface area (Å²) in [7, 11) is -3.66. The molecule has 2 heterocycles. The largest absolute Gasteiger partial charge is 0.465 e. The molecule has 2 rings (SSSR count). The van der Waals surface area contributed by atoms with Gasteiger partial charge in [-0.15, -0.1) is 0 Å². The Morgan fingerprint density at radius 2 is 2.16 bits per heavy atom. The molecule has 0 aromatic carbocycles. The van der Waals surface area contributed by atoms with Gasteiger partial charge in [0, 0.05) is 6.20 Å². The van der Waals surface area contributed by atoms with Gasteiger partial charge < -0.3 is 4.42 Å². The fourth-order valence-electron chi connectivity index (χ4n) is 1.43. The molecule has 2 aromatic heterocycles. The van der Waals surface area contributed by atoms with Gasteiger partial charge >= 0.3 is 0 Å². The van der Waals surface area contributed by atoms with Gasteiger partial charge in [-0.1, -0.05) is 0 Å². The summed E-state index contributed by atoms with van der Waals surface area (Å²) in [5.74, 6) is 1.25. The molecule has 0 atom stereocenters. The van der Waals surface area contributed by atoms with Crippen LogP contribution in [0.15, 0.2) is 39.8 Å². The third kappa shape index (κ3) is 3.19. The second-order valence-corrected chi connectivity index (χ2v) is 5.59. The summed E-state index contributed by atoms with van der Waals surface area (Å²) in [4.78, 5) is 3.73. The van der Waals surface area contributed by atoms with E-state index in [-0.39, 0.29) is 17.1 Å². The minimum absolute atomic E-state index is 0.00905. The van der Waals surface area contributed by atoms with Crippen LogP contribution in [0.5, 0.6) is 0 Å². The summed E-state index contributed by atoms with van der Waals surface area (Å²) in [6.45, 7) is 1.85. The number of furan rings is 1. The SMILES string of the molecule is Cc1ccc(CNS(=O)(=O)c2ccc(C#N)nc2)o1. The minimum atomic E-state index is -3.66. The van der Waals surface area contributed by atoms with E-state index in [0.29, 0.717) is 11.5 Å². The molecule has 0 amide bonds. The standard InChI is InChI=1S/C12H11N3O3S/c1-9-2-4-11(18-9)7-15-19(16,17)12-5-3-10(6-13)14-8-12/h2-5,8,15H,7H2,1H3. The van der Waals surface area contributed by atoms with Crippen molar-refractivity contribution in [1.29, 1.82) is 5.26 Å². The van der Waals surface area contributed by atoms with Gasteiger partial charge in [-0.3, -0.25) is 0 Å². The molecule has 7 heteroatoms. The maximum atomic E-state index is 11.9. The van der Waals surface area contributed by atoms with E-state index in [1.807, 2.05) is 6.07 Å². The zero-order chi connectivity index (χ0) is 13.9. The second-order valence-electron chi connectivity index (χ2n) is 3.83. The number of pyridine rings is 1. The Kier molecular flexibility index (Phi) is 3.64. The van der Waals surface area contributed by atoms with Gasteiger partial charge in [-0.2, -0.15) is 5.26 Å². The van der Waals surface area contributed by atoms with Crippen LogP contribution in [0.2, 0.25) is 0 Å². The number of aromatic nitrogens is 1. The van der Waals surface area contributed by atoms with E-state index in [1.165, 1.54) is 12.1 Å². The molecule has 98 valence electrons. The molecule has 0 fully saturated rings. The molecule has 0 saturated heterocycles. The molecule has 6 nitrogen and oxygen atoms in total. The summed E-state index contributed by atoms with van der Waals surface area (Å²) in [5, 5.41) is 8.60. The van der Waals surface area contributed by atoms with E-state index in [2.05, 4.69) is 9.71 Å². The molecular formula is C12H11N3O3S. The topological polar surface area (TPSA) is 96.0 Å². The maximum Gasteiger partial charge on any atom is 0.242 e. The highest BCUT2D eigenvalue weighted by molar-refractivity contribution is 7.89. The van der Waals surface area contributed by atoms with Gasteiger partial charge in [0.05, 0.1) is 6.54 Å². The highest BCUT2D eigenvalue weighted by Gasteiger charge is 2.15. The van der Waals surface area contributed by atoms with Crippen LogP contribution < -0.4 is 4.72 Å². The predicted octanol–water partition coefficient (Wildman–Crippen LogP) is 1.33. The molecule has 19 heavy (non-hydrogen) atoms. The number of nitrogens with one attached hydrogen (secondary N) is 1. The van der Waals surface area contributed by atoms with Crippen LogP contribution in [0.3, 0.4) is 0 Å². The van der Waals surface area contributed by atoms with Crippen molar-refractivity contribution in [3.63, 3.8) is 0 Å². The molecule has 0 spiro atoms. The molecule has 2 aromatic rings. The molecule has 1 N–H and O–H groups in total. The van der Waals surface area contributed by atoms with Gasteiger partial charge in [0.25, 0.3) is 0 Å². The van der Waals surface area contributed by atoms with E-state index < -0.39 is 10.0 Å². The molecule has 0 aliphatic rings. The van der Waals surface area contributed by atoms with Gasteiger partial charge in [0.2, 0.25) is 10.0 Å². The lowest BCUT2D eigenvalue weighted by molar-refractivity contribution is 0.475. The van der Waals surface area contributed by atoms with E-state index in [4.69, 9.17) is 9.68 Å². The maximum absolute atomic E-state index is 11.9. The number of aryl methyl sites for hydroxylation is 1. The van der Waals surface area contributed by atoms with E-state index >= 15 is 0 Å². The highest BCUT2D eigenvalue weighted by Crippen LogP contribution is 2.10. The van der Waals surface area contributed by atoms with Crippen LogP contribution >= 0.6 is 0 Å². The molecule has 0 unspecified atom stereocenters. The molecule has 0 aliphatic carbocycles. The zero-order valence-corrected chi connectivity index (χ0v) is 10.9. The molecule has 0 aliphatic heterocycles. The fourth-order valence-corrected chi connectivity index (χ4v) is 2.37. The minimum Gasteiger partial charge on any atom is -0.465 e. The molecule has 0 bridgehead atoms. The van der Waals surface area contributed by atoms with Crippen molar-refractivity contribution in [3.05, 3.63) is 47.7 Å². The first-order chi connectivity index (χ1) is 9.01. The predicted molar refractivity (Wildman–Crippen MR) is 66.4 cm³/mol. The number of nitrogens with zero attached hydrogens (tertiary/aromatic N) is 2. The fraction of sp³-hybridized carbons (Fsp3) is 0.167. The van der Waals surface area contributed by atoms with Crippen LogP contribution in [-0.2, 0) is 16.6 Å². The van der Waals surface area contributed by atoms with Crippen molar-refractivity contribution in [2.75, 3.05) is 0 Å². The Bertz CT molecular complexity index is 711. The normalized spacial score (nSPS) is 11.2. The number of hydrogen-bond donors (Lipinski definition) is 1. The third-order valence-corrected chi connectivity index (χ3v) is 3.78. The molecule has 0 radical (unpaired) electrons. The van der Waals surface area contributed by atoms with Crippen molar-refractivity contribution in [2.45, 2.75) is 18.4 Å². The number of hydrogen-bond acceptors (Lipinski definition) is 5. The average Bonchev–Trinajstić information content (AvgIpc) is 2.82. The van der Waals surface area contributed by atoms with Crippen molar-refractivity contribution in [1.82, 2.24) is 9.71 Å². The molecular weight excluding hydrogens is 266 g/mol. The quantitative estimate of drug-likeness (QED) is 0.909. The zero-order valence-electron chi connectivity index (χ0n) is 10.1. The Morgan fingerprint density at radius 3 is 2.68 bits per heavy atom. The number of sulfonamides is 1. The Balaban J connectivity index is 2.11. The van der Waals surface area contributed by atoms with Crippen LogP contribution in [0.1, 0.15) is 17.2 Å². The van der Waals surface area contributed by atoms with Crippen LogP contribution in [0.4, 0.5) is 0 Å². The van der Waals surface area contributed by atoms with Crippen molar-refractivity contribution >= 4 is 10.0 Å². The summed E-state index contributed by atoms with van der Waals surface area (Å²) >= 11 is 0.